The molecule has 0 spiro atoms. The molecule has 0 fully saturated rings. The Morgan fingerprint density at radius 2 is 1.86 bits per heavy atom. The highest BCUT2D eigenvalue weighted by Gasteiger charge is 2.15. The molecular formula is C17H19NO2S. The van der Waals surface area contributed by atoms with Gasteiger partial charge in [0, 0.05) is 18.5 Å². The summed E-state index contributed by atoms with van der Waals surface area (Å²) in [5.41, 5.74) is 2.33. The Balaban J connectivity index is 2.11. The molecule has 0 saturated heterocycles. The summed E-state index contributed by atoms with van der Waals surface area (Å²) in [5, 5.41) is 9.89. The lowest BCUT2D eigenvalue weighted by Crippen LogP contribution is -2.26. The largest absolute Gasteiger partial charge is 0.507 e. The predicted molar refractivity (Wildman–Crippen MR) is 86.9 cm³/mol. The number of hydrogen-bond acceptors (Lipinski definition) is 3. The first-order valence-electron chi connectivity index (χ1n) is 6.69. The van der Waals surface area contributed by atoms with Crippen LogP contribution in [0, 0.1) is 6.92 Å². The van der Waals surface area contributed by atoms with E-state index in [1.807, 2.05) is 43.5 Å². The molecule has 0 unspecified atom stereocenters. The highest BCUT2D eigenvalue weighted by molar-refractivity contribution is 7.98. The van der Waals surface area contributed by atoms with Gasteiger partial charge < -0.3 is 10.0 Å². The number of benzene rings is 2. The molecule has 21 heavy (non-hydrogen) atoms. The van der Waals surface area contributed by atoms with Crippen LogP contribution < -0.4 is 0 Å². The van der Waals surface area contributed by atoms with E-state index in [1.54, 1.807) is 35.8 Å². The molecule has 4 heteroatoms. The van der Waals surface area contributed by atoms with E-state index in [2.05, 4.69) is 0 Å². The van der Waals surface area contributed by atoms with Crippen molar-refractivity contribution in [3.63, 3.8) is 0 Å². The number of phenolic OH excluding ortho intramolecular Hbond substituents is 1. The van der Waals surface area contributed by atoms with Gasteiger partial charge in [-0.15, -0.1) is 11.8 Å². The highest BCUT2D eigenvalue weighted by Crippen LogP contribution is 2.21. The fourth-order valence-electron chi connectivity index (χ4n) is 2.10. The van der Waals surface area contributed by atoms with Crippen LogP contribution in [-0.4, -0.2) is 29.2 Å². The van der Waals surface area contributed by atoms with Gasteiger partial charge in [0.05, 0.1) is 5.56 Å². The van der Waals surface area contributed by atoms with Gasteiger partial charge in [-0.3, -0.25) is 4.79 Å². The third kappa shape index (κ3) is 3.79. The van der Waals surface area contributed by atoms with Crippen molar-refractivity contribution in [2.75, 3.05) is 13.3 Å². The Hall–Kier alpha value is -1.94. The summed E-state index contributed by atoms with van der Waals surface area (Å²) in [5.74, 6) is -0.147. The standard InChI is InChI=1S/C17H19NO2S/c1-12-4-9-15(16(19)10-12)17(20)18(2)11-13-5-7-14(21-3)8-6-13/h4-10,19H,11H2,1-3H3. The smallest absolute Gasteiger partial charge is 0.257 e. The lowest BCUT2D eigenvalue weighted by atomic mass is 10.1. The van der Waals surface area contributed by atoms with Crippen LogP contribution in [0.3, 0.4) is 0 Å². The van der Waals surface area contributed by atoms with Crippen molar-refractivity contribution < 1.29 is 9.90 Å². The van der Waals surface area contributed by atoms with Gasteiger partial charge in [-0.1, -0.05) is 18.2 Å². The summed E-state index contributed by atoms with van der Waals surface area (Å²) >= 11 is 1.69. The van der Waals surface area contributed by atoms with Crippen molar-refractivity contribution in [3.8, 4) is 5.75 Å². The molecule has 2 rings (SSSR count). The molecule has 0 atom stereocenters. The van der Waals surface area contributed by atoms with Gasteiger partial charge in [0.1, 0.15) is 5.75 Å². The fourth-order valence-corrected chi connectivity index (χ4v) is 2.51. The van der Waals surface area contributed by atoms with E-state index >= 15 is 0 Å². The number of amides is 1. The Kier molecular flexibility index (Phi) is 4.91. The number of aryl methyl sites for hydroxylation is 1. The molecule has 2 aromatic rings. The van der Waals surface area contributed by atoms with Gasteiger partial charge in [0.2, 0.25) is 0 Å². The molecule has 1 amide bonds. The van der Waals surface area contributed by atoms with Crippen LogP contribution in [-0.2, 0) is 6.54 Å². The van der Waals surface area contributed by atoms with Gasteiger partial charge in [-0.05, 0) is 48.6 Å². The van der Waals surface area contributed by atoms with Crippen molar-refractivity contribution in [2.24, 2.45) is 0 Å². The van der Waals surface area contributed by atoms with Gasteiger partial charge in [0.25, 0.3) is 5.91 Å². The molecule has 1 N–H and O–H groups in total. The molecule has 0 aliphatic heterocycles. The first-order valence-corrected chi connectivity index (χ1v) is 7.91. The van der Waals surface area contributed by atoms with E-state index in [4.69, 9.17) is 0 Å². The van der Waals surface area contributed by atoms with Crippen LogP contribution in [0.2, 0.25) is 0 Å². The number of nitrogens with zero attached hydrogens (tertiary/aromatic N) is 1. The molecule has 0 bridgehead atoms. The zero-order valence-electron chi connectivity index (χ0n) is 12.5. The zero-order valence-corrected chi connectivity index (χ0v) is 13.3. The molecule has 0 saturated carbocycles. The number of aromatic hydroxyl groups is 1. The maximum atomic E-state index is 12.4. The molecular weight excluding hydrogens is 282 g/mol. The minimum absolute atomic E-state index is 0.0320. The van der Waals surface area contributed by atoms with Crippen molar-refractivity contribution in [3.05, 3.63) is 59.2 Å². The quantitative estimate of drug-likeness (QED) is 0.876. The third-order valence-electron chi connectivity index (χ3n) is 3.31. The van der Waals surface area contributed by atoms with Crippen LogP contribution in [0.4, 0.5) is 0 Å². The lowest BCUT2D eigenvalue weighted by molar-refractivity contribution is 0.0782. The van der Waals surface area contributed by atoms with Crippen molar-refractivity contribution in [1.82, 2.24) is 4.90 Å². The number of rotatable bonds is 4. The Bertz CT molecular complexity index is 638. The van der Waals surface area contributed by atoms with Gasteiger partial charge in [-0.25, -0.2) is 0 Å². The second-order valence-corrected chi connectivity index (χ2v) is 5.91. The van der Waals surface area contributed by atoms with Crippen molar-refractivity contribution >= 4 is 17.7 Å². The molecule has 110 valence electrons. The minimum atomic E-state index is -0.179. The molecule has 0 aromatic heterocycles. The summed E-state index contributed by atoms with van der Waals surface area (Å²) in [6.45, 7) is 2.39. The Labute approximate surface area is 129 Å². The number of hydrogen-bond donors (Lipinski definition) is 1. The van der Waals surface area contributed by atoms with Crippen LogP contribution in [0.5, 0.6) is 5.75 Å². The maximum absolute atomic E-state index is 12.4. The van der Waals surface area contributed by atoms with Crippen LogP contribution in [0.15, 0.2) is 47.4 Å². The van der Waals surface area contributed by atoms with E-state index in [-0.39, 0.29) is 11.7 Å². The number of thioether (sulfide) groups is 1. The first kappa shape index (κ1) is 15.4. The zero-order chi connectivity index (χ0) is 15.4. The second-order valence-electron chi connectivity index (χ2n) is 5.03. The molecule has 0 radical (unpaired) electrons. The summed E-state index contributed by atoms with van der Waals surface area (Å²) in [6.07, 6.45) is 2.03. The summed E-state index contributed by atoms with van der Waals surface area (Å²) in [6, 6.07) is 13.2. The van der Waals surface area contributed by atoms with Crippen LogP contribution in [0.1, 0.15) is 21.5 Å². The SMILES string of the molecule is CSc1ccc(CN(C)C(=O)c2ccc(C)cc2O)cc1. The lowest BCUT2D eigenvalue weighted by Gasteiger charge is -2.18. The summed E-state index contributed by atoms with van der Waals surface area (Å²) in [7, 11) is 1.74. The average Bonchev–Trinajstić information content (AvgIpc) is 2.47. The van der Waals surface area contributed by atoms with E-state index in [9.17, 15) is 9.90 Å². The third-order valence-corrected chi connectivity index (χ3v) is 4.05. The molecule has 0 aliphatic rings. The Morgan fingerprint density at radius 3 is 2.43 bits per heavy atom. The predicted octanol–water partition coefficient (Wildman–Crippen LogP) is 3.69. The molecule has 3 nitrogen and oxygen atoms in total. The van der Waals surface area contributed by atoms with Gasteiger partial charge >= 0.3 is 0 Å². The minimum Gasteiger partial charge on any atom is -0.507 e. The number of carbonyl (C=O) groups is 1. The number of phenols is 1. The van der Waals surface area contributed by atoms with Gasteiger partial charge in [0.15, 0.2) is 0 Å². The first-order chi connectivity index (χ1) is 10.0. The molecule has 0 aliphatic carbocycles. The topological polar surface area (TPSA) is 40.5 Å². The summed E-state index contributed by atoms with van der Waals surface area (Å²) in [4.78, 5) is 15.2. The highest BCUT2D eigenvalue weighted by atomic mass is 32.2. The van der Waals surface area contributed by atoms with E-state index in [0.29, 0.717) is 12.1 Å². The van der Waals surface area contributed by atoms with Crippen LogP contribution >= 0.6 is 11.8 Å². The average molecular weight is 301 g/mol. The fraction of sp³-hybridized carbons (Fsp3) is 0.235. The van der Waals surface area contributed by atoms with Crippen molar-refractivity contribution in [1.29, 1.82) is 0 Å². The van der Waals surface area contributed by atoms with Crippen LogP contribution in [0.25, 0.3) is 0 Å². The number of carbonyl (C=O) groups excluding carboxylic acids is 1. The van der Waals surface area contributed by atoms with E-state index in [0.717, 1.165) is 11.1 Å². The molecule has 2 aromatic carbocycles. The van der Waals surface area contributed by atoms with Crippen molar-refractivity contribution in [2.45, 2.75) is 18.4 Å². The van der Waals surface area contributed by atoms with E-state index in [1.165, 1.54) is 4.90 Å². The molecule has 0 heterocycles. The summed E-state index contributed by atoms with van der Waals surface area (Å²) < 4.78 is 0. The maximum Gasteiger partial charge on any atom is 0.257 e. The second kappa shape index (κ2) is 6.68. The Morgan fingerprint density at radius 1 is 1.19 bits per heavy atom. The monoisotopic (exact) mass is 301 g/mol. The van der Waals surface area contributed by atoms with Gasteiger partial charge in [-0.2, -0.15) is 0 Å². The normalized spacial score (nSPS) is 10.4. The van der Waals surface area contributed by atoms with E-state index < -0.39 is 0 Å².